The minimum absolute atomic E-state index is 0.376. The number of rotatable bonds is 5. The Bertz CT molecular complexity index is 378. The van der Waals surface area contributed by atoms with E-state index in [1.54, 1.807) is 6.20 Å². The third kappa shape index (κ3) is 4.16. The standard InChI is InChI=1S/C11H19ClN4S/c1-4-8(3)15-11(17)13-7-10-9(12)6-14-16(10)5-2/h6,8H,4-5,7H2,1-3H3,(H2,13,15,17)/t8-/m1/s1. The predicted octanol–water partition coefficient (Wildman–Crippen LogP) is 2.32. The van der Waals surface area contributed by atoms with Gasteiger partial charge in [-0.1, -0.05) is 18.5 Å². The molecule has 0 aliphatic rings. The maximum atomic E-state index is 6.05. The molecule has 0 radical (unpaired) electrons. The largest absolute Gasteiger partial charge is 0.360 e. The van der Waals surface area contributed by atoms with E-state index in [1.807, 2.05) is 11.6 Å². The molecule has 17 heavy (non-hydrogen) atoms. The Morgan fingerprint density at radius 2 is 2.29 bits per heavy atom. The topological polar surface area (TPSA) is 41.9 Å². The minimum Gasteiger partial charge on any atom is -0.360 e. The SMILES string of the molecule is CC[C@@H](C)NC(=S)NCc1c(Cl)cnn1CC. The van der Waals surface area contributed by atoms with Crippen LogP contribution in [-0.4, -0.2) is 20.9 Å². The molecule has 0 unspecified atom stereocenters. The van der Waals surface area contributed by atoms with Crippen molar-refractivity contribution in [1.82, 2.24) is 20.4 Å². The van der Waals surface area contributed by atoms with Gasteiger partial charge in [-0.3, -0.25) is 4.68 Å². The highest BCUT2D eigenvalue weighted by molar-refractivity contribution is 7.80. The molecule has 1 heterocycles. The maximum absolute atomic E-state index is 6.05. The summed E-state index contributed by atoms with van der Waals surface area (Å²) >= 11 is 11.3. The molecule has 4 nitrogen and oxygen atoms in total. The van der Waals surface area contributed by atoms with Gasteiger partial charge >= 0.3 is 0 Å². The number of thiocarbonyl (C=S) groups is 1. The summed E-state index contributed by atoms with van der Waals surface area (Å²) in [7, 11) is 0. The zero-order valence-corrected chi connectivity index (χ0v) is 12.0. The predicted molar refractivity (Wildman–Crippen MR) is 75.2 cm³/mol. The highest BCUT2D eigenvalue weighted by Crippen LogP contribution is 2.14. The number of nitrogens with one attached hydrogen (secondary N) is 2. The van der Waals surface area contributed by atoms with Crippen LogP contribution in [0.5, 0.6) is 0 Å². The van der Waals surface area contributed by atoms with Gasteiger partial charge in [0.15, 0.2) is 5.11 Å². The molecule has 0 bridgehead atoms. The lowest BCUT2D eigenvalue weighted by molar-refractivity contribution is 0.601. The fraction of sp³-hybridized carbons (Fsp3) is 0.636. The Morgan fingerprint density at radius 1 is 1.59 bits per heavy atom. The molecule has 6 heteroatoms. The Morgan fingerprint density at radius 3 is 2.88 bits per heavy atom. The molecular weight excluding hydrogens is 256 g/mol. The summed E-state index contributed by atoms with van der Waals surface area (Å²) in [5, 5.41) is 11.8. The highest BCUT2D eigenvalue weighted by Gasteiger charge is 2.08. The Hall–Kier alpha value is -0.810. The van der Waals surface area contributed by atoms with Crippen LogP contribution in [0, 0.1) is 0 Å². The average molecular weight is 275 g/mol. The van der Waals surface area contributed by atoms with E-state index >= 15 is 0 Å². The molecule has 0 aliphatic carbocycles. The van der Waals surface area contributed by atoms with Crippen LogP contribution in [-0.2, 0) is 13.1 Å². The second-order valence-corrected chi connectivity index (χ2v) is 4.71. The van der Waals surface area contributed by atoms with Crippen molar-refractivity contribution >= 4 is 28.9 Å². The normalized spacial score (nSPS) is 12.2. The first-order chi connectivity index (χ1) is 8.08. The molecule has 0 aliphatic heterocycles. The van der Waals surface area contributed by atoms with Crippen LogP contribution in [0.1, 0.15) is 32.9 Å². The van der Waals surface area contributed by atoms with E-state index < -0.39 is 0 Å². The number of hydrogen-bond donors (Lipinski definition) is 2. The maximum Gasteiger partial charge on any atom is 0.166 e. The van der Waals surface area contributed by atoms with Gasteiger partial charge < -0.3 is 10.6 Å². The fourth-order valence-electron chi connectivity index (χ4n) is 1.38. The van der Waals surface area contributed by atoms with Crippen LogP contribution >= 0.6 is 23.8 Å². The van der Waals surface area contributed by atoms with Crippen molar-refractivity contribution in [3.05, 3.63) is 16.9 Å². The molecule has 0 spiro atoms. The van der Waals surface area contributed by atoms with E-state index in [4.69, 9.17) is 23.8 Å². The van der Waals surface area contributed by atoms with E-state index in [2.05, 4.69) is 29.6 Å². The fourth-order valence-corrected chi connectivity index (χ4v) is 1.86. The molecule has 0 saturated heterocycles. The van der Waals surface area contributed by atoms with Crippen LogP contribution in [0.25, 0.3) is 0 Å². The smallest absolute Gasteiger partial charge is 0.166 e. The third-order valence-electron chi connectivity index (χ3n) is 2.60. The summed E-state index contributed by atoms with van der Waals surface area (Å²) in [5.41, 5.74) is 0.961. The van der Waals surface area contributed by atoms with E-state index in [-0.39, 0.29) is 0 Å². The molecule has 1 rings (SSSR count). The van der Waals surface area contributed by atoms with Gasteiger partial charge in [-0.25, -0.2) is 0 Å². The number of aryl methyl sites for hydroxylation is 1. The van der Waals surface area contributed by atoms with Gasteiger partial charge in [-0.2, -0.15) is 5.10 Å². The lowest BCUT2D eigenvalue weighted by Crippen LogP contribution is -2.40. The van der Waals surface area contributed by atoms with Crippen molar-refractivity contribution < 1.29 is 0 Å². The summed E-state index contributed by atoms with van der Waals surface area (Å²) in [6.45, 7) is 7.63. The summed E-state index contributed by atoms with van der Waals surface area (Å²) in [6, 6.07) is 0.376. The van der Waals surface area contributed by atoms with Crippen molar-refractivity contribution in [2.45, 2.75) is 46.3 Å². The van der Waals surface area contributed by atoms with Gasteiger partial charge in [-0.05, 0) is 32.5 Å². The molecule has 1 aromatic rings. The summed E-state index contributed by atoms with van der Waals surface area (Å²) < 4.78 is 1.86. The third-order valence-corrected chi connectivity index (χ3v) is 3.18. The average Bonchev–Trinajstić information content (AvgIpc) is 2.67. The quantitative estimate of drug-likeness (QED) is 0.809. The summed E-state index contributed by atoms with van der Waals surface area (Å²) in [5.74, 6) is 0. The number of hydrogen-bond acceptors (Lipinski definition) is 2. The first-order valence-corrected chi connectivity index (χ1v) is 6.61. The lowest BCUT2D eigenvalue weighted by Gasteiger charge is -2.15. The van der Waals surface area contributed by atoms with Crippen molar-refractivity contribution in [1.29, 1.82) is 0 Å². The van der Waals surface area contributed by atoms with Crippen LogP contribution in [0.15, 0.2) is 6.20 Å². The molecule has 0 fully saturated rings. The van der Waals surface area contributed by atoms with E-state index in [0.717, 1.165) is 18.7 Å². The first kappa shape index (κ1) is 14.3. The van der Waals surface area contributed by atoms with E-state index in [1.165, 1.54) is 0 Å². The molecule has 1 aromatic heterocycles. The highest BCUT2D eigenvalue weighted by atomic mass is 35.5. The first-order valence-electron chi connectivity index (χ1n) is 5.83. The number of aromatic nitrogens is 2. The minimum atomic E-state index is 0.376. The molecule has 0 aromatic carbocycles. The van der Waals surface area contributed by atoms with Crippen molar-refractivity contribution in [2.75, 3.05) is 0 Å². The zero-order chi connectivity index (χ0) is 12.8. The summed E-state index contributed by atoms with van der Waals surface area (Å²) in [4.78, 5) is 0. The second kappa shape index (κ2) is 6.81. The van der Waals surface area contributed by atoms with Crippen LogP contribution in [0.3, 0.4) is 0 Å². The van der Waals surface area contributed by atoms with Crippen LogP contribution < -0.4 is 10.6 Å². The van der Waals surface area contributed by atoms with Crippen molar-refractivity contribution in [2.24, 2.45) is 0 Å². The molecule has 96 valence electrons. The van der Waals surface area contributed by atoms with Crippen molar-refractivity contribution in [3.8, 4) is 0 Å². The molecule has 2 N–H and O–H groups in total. The number of halogens is 1. The Labute approximate surface area is 113 Å². The van der Waals surface area contributed by atoms with Crippen molar-refractivity contribution in [3.63, 3.8) is 0 Å². The van der Waals surface area contributed by atoms with Gasteiger partial charge in [0.2, 0.25) is 0 Å². The van der Waals surface area contributed by atoms with Gasteiger partial charge in [0, 0.05) is 12.6 Å². The molecule has 1 atom stereocenters. The van der Waals surface area contributed by atoms with Gasteiger partial charge in [-0.15, -0.1) is 0 Å². The van der Waals surface area contributed by atoms with Crippen LogP contribution in [0.4, 0.5) is 0 Å². The van der Waals surface area contributed by atoms with E-state index in [9.17, 15) is 0 Å². The zero-order valence-electron chi connectivity index (χ0n) is 10.5. The molecule has 0 amide bonds. The molecular formula is C11H19ClN4S. The van der Waals surface area contributed by atoms with E-state index in [0.29, 0.717) is 22.7 Å². The van der Waals surface area contributed by atoms with Crippen LogP contribution in [0.2, 0.25) is 5.02 Å². The van der Waals surface area contributed by atoms with Gasteiger partial charge in [0.25, 0.3) is 0 Å². The van der Waals surface area contributed by atoms with Gasteiger partial charge in [0.1, 0.15) is 0 Å². The second-order valence-electron chi connectivity index (χ2n) is 3.89. The van der Waals surface area contributed by atoms with Gasteiger partial charge in [0.05, 0.1) is 23.5 Å². The lowest BCUT2D eigenvalue weighted by atomic mass is 10.3. The Balaban J connectivity index is 2.49. The summed E-state index contributed by atoms with van der Waals surface area (Å²) in [6.07, 6.45) is 2.70. The monoisotopic (exact) mass is 274 g/mol. The molecule has 0 saturated carbocycles. The Kier molecular flexibility index (Phi) is 5.71. The number of nitrogens with zero attached hydrogens (tertiary/aromatic N) is 2.